The molecule has 0 spiro atoms. The second-order valence-corrected chi connectivity index (χ2v) is 3.73. The lowest BCUT2D eigenvalue weighted by molar-refractivity contribution is -0.396. The van der Waals surface area contributed by atoms with Crippen molar-refractivity contribution in [1.82, 2.24) is 9.55 Å². The standard InChI is InChI=1S/C10H10BN3O4/c15-11(16)9-3-1-8(2-4-9)7-13-6-5-12-10(13)14(17)18/h1-6,15-16H,7H2. The number of imidazole rings is 1. The van der Waals surface area contributed by atoms with E-state index < -0.39 is 12.0 Å². The summed E-state index contributed by atoms with van der Waals surface area (Å²) in [6.45, 7) is 0.304. The predicted octanol–water partition coefficient (Wildman–Crippen LogP) is -0.481. The first kappa shape index (κ1) is 12.3. The van der Waals surface area contributed by atoms with E-state index in [9.17, 15) is 10.1 Å². The van der Waals surface area contributed by atoms with Crippen LogP contribution in [0.1, 0.15) is 5.56 Å². The maximum absolute atomic E-state index is 10.7. The number of hydrogen-bond acceptors (Lipinski definition) is 5. The van der Waals surface area contributed by atoms with Crippen LogP contribution < -0.4 is 5.46 Å². The molecule has 1 aromatic heterocycles. The summed E-state index contributed by atoms with van der Waals surface area (Å²) in [7, 11) is -1.51. The van der Waals surface area contributed by atoms with Crippen LogP contribution in [0.25, 0.3) is 0 Å². The van der Waals surface area contributed by atoms with Crippen molar-refractivity contribution >= 4 is 18.5 Å². The van der Waals surface area contributed by atoms with Gasteiger partial charge in [0.05, 0.1) is 6.54 Å². The second kappa shape index (κ2) is 4.99. The van der Waals surface area contributed by atoms with Gasteiger partial charge in [0.15, 0.2) is 0 Å². The molecule has 2 N–H and O–H groups in total. The Labute approximate surface area is 103 Å². The summed E-state index contributed by atoms with van der Waals surface area (Å²) in [6.07, 6.45) is 2.89. The number of nitro groups is 1. The van der Waals surface area contributed by atoms with E-state index in [1.165, 1.54) is 17.0 Å². The first-order valence-corrected chi connectivity index (χ1v) is 5.18. The van der Waals surface area contributed by atoms with Crippen molar-refractivity contribution in [2.75, 3.05) is 0 Å². The van der Waals surface area contributed by atoms with Crippen LogP contribution in [0.15, 0.2) is 36.7 Å². The van der Waals surface area contributed by atoms with Crippen LogP contribution in [0.3, 0.4) is 0 Å². The van der Waals surface area contributed by atoms with Gasteiger partial charge >= 0.3 is 13.1 Å². The lowest BCUT2D eigenvalue weighted by Crippen LogP contribution is -2.29. The molecule has 0 amide bonds. The maximum Gasteiger partial charge on any atom is 0.488 e. The van der Waals surface area contributed by atoms with E-state index in [0.29, 0.717) is 12.0 Å². The molecule has 2 aromatic rings. The molecule has 0 radical (unpaired) electrons. The summed E-state index contributed by atoms with van der Waals surface area (Å²) in [5.41, 5.74) is 1.18. The second-order valence-electron chi connectivity index (χ2n) is 3.73. The zero-order valence-corrected chi connectivity index (χ0v) is 9.30. The average molecular weight is 247 g/mol. The Morgan fingerprint density at radius 2 is 2.00 bits per heavy atom. The van der Waals surface area contributed by atoms with Crippen LogP contribution in [-0.2, 0) is 6.54 Å². The Hall–Kier alpha value is -2.19. The van der Waals surface area contributed by atoms with Gasteiger partial charge in [-0.05, 0) is 15.9 Å². The van der Waals surface area contributed by atoms with E-state index in [4.69, 9.17) is 10.0 Å². The molecule has 92 valence electrons. The van der Waals surface area contributed by atoms with Gasteiger partial charge in [-0.1, -0.05) is 29.2 Å². The van der Waals surface area contributed by atoms with Crippen molar-refractivity contribution in [3.8, 4) is 0 Å². The zero-order valence-electron chi connectivity index (χ0n) is 9.30. The maximum atomic E-state index is 10.7. The van der Waals surface area contributed by atoms with Crippen molar-refractivity contribution in [1.29, 1.82) is 0 Å². The highest BCUT2D eigenvalue weighted by atomic mass is 16.6. The quantitative estimate of drug-likeness (QED) is 0.431. The number of aromatic nitrogens is 2. The number of rotatable bonds is 4. The highest BCUT2D eigenvalue weighted by Crippen LogP contribution is 2.10. The van der Waals surface area contributed by atoms with Gasteiger partial charge in [-0.25, -0.2) is 4.57 Å². The fourth-order valence-corrected chi connectivity index (χ4v) is 1.59. The Morgan fingerprint density at radius 3 is 2.56 bits per heavy atom. The summed E-state index contributed by atoms with van der Waals surface area (Å²) >= 11 is 0. The zero-order chi connectivity index (χ0) is 13.1. The summed E-state index contributed by atoms with van der Waals surface area (Å²) in [4.78, 5) is 13.8. The van der Waals surface area contributed by atoms with Crippen molar-refractivity contribution in [3.05, 3.63) is 52.3 Å². The number of benzene rings is 1. The molecule has 0 aliphatic heterocycles. The lowest BCUT2D eigenvalue weighted by Gasteiger charge is -2.03. The third-order valence-electron chi connectivity index (χ3n) is 2.49. The molecule has 0 fully saturated rings. The molecule has 0 saturated heterocycles. The SMILES string of the molecule is O=[N+]([O-])c1nccn1Cc1ccc(B(O)O)cc1. The predicted molar refractivity (Wildman–Crippen MR) is 64.3 cm³/mol. The molecule has 0 bridgehead atoms. The molecule has 8 heteroatoms. The molecule has 0 atom stereocenters. The van der Waals surface area contributed by atoms with E-state index in [-0.39, 0.29) is 5.95 Å². The fourth-order valence-electron chi connectivity index (χ4n) is 1.59. The Bertz CT molecular complexity index is 553. The molecule has 0 aliphatic carbocycles. The summed E-state index contributed by atoms with van der Waals surface area (Å²) in [6, 6.07) is 6.47. The summed E-state index contributed by atoms with van der Waals surface area (Å²) in [5, 5.41) is 28.6. The summed E-state index contributed by atoms with van der Waals surface area (Å²) < 4.78 is 1.41. The van der Waals surface area contributed by atoms with Crippen LogP contribution in [0.4, 0.5) is 5.95 Å². The number of hydrogen-bond donors (Lipinski definition) is 2. The minimum Gasteiger partial charge on any atom is -0.423 e. The third kappa shape index (κ3) is 2.55. The first-order valence-electron chi connectivity index (χ1n) is 5.18. The van der Waals surface area contributed by atoms with Crippen LogP contribution in [0, 0.1) is 10.1 Å². The van der Waals surface area contributed by atoms with E-state index in [1.54, 1.807) is 24.3 Å². The molecule has 0 unspecified atom stereocenters. The van der Waals surface area contributed by atoms with Gasteiger partial charge in [-0.2, -0.15) is 0 Å². The van der Waals surface area contributed by atoms with Gasteiger partial charge in [-0.15, -0.1) is 0 Å². The van der Waals surface area contributed by atoms with Gasteiger partial charge in [0, 0.05) is 0 Å². The topological polar surface area (TPSA) is 101 Å². The molecular weight excluding hydrogens is 237 g/mol. The normalized spacial score (nSPS) is 10.3. The number of nitrogens with zero attached hydrogens (tertiary/aromatic N) is 3. The average Bonchev–Trinajstić information content (AvgIpc) is 2.78. The lowest BCUT2D eigenvalue weighted by atomic mass is 9.80. The highest BCUT2D eigenvalue weighted by Gasteiger charge is 2.15. The molecule has 1 aromatic carbocycles. The van der Waals surface area contributed by atoms with Gasteiger partial charge in [0.1, 0.15) is 12.4 Å². The van der Waals surface area contributed by atoms with Gasteiger partial charge < -0.3 is 20.2 Å². The summed E-state index contributed by atoms with van der Waals surface area (Å²) in [5.74, 6) is -0.221. The van der Waals surface area contributed by atoms with E-state index in [0.717, 1.165) is 5.56 Å². The minimum atomic E-state index is -1.51. The molecule has 1 heterocycles. The molecule has 0 saturated carbocycles. The van der Waals surface area contributed by atoms with Gasteiger partial charge in [-0.3, -0.25) is 0 Å². The Morgan fingerprint density at radius 1 is 1.33 bits per heavy atom. The van der Waals surface area contributed by atoms with Crippen LogP contribution in [0.2, 0.25) is 0 Å². The van der Waals surface area contributed by atoms with Gasteiger partial charge in [0.25, 0.3) is 0 Å². The molecule has 2 rings (SSSR count). The third-order valence-corrected chi connectivity index (χ3v) is 2.49. The van der Waals surface area contributed by atoms with Crippen LogP contribution >= 0.6 is 0 Å². The monoisotopic (exact) mass is 247 g/mol. The van der Waals surface area contributed by atoms with E-state index in [2.05, 4.69) is 4.98 Å². The molecule has 7 nitrogen and oxygen atoms in total. The van der Waals surface area contributed by atoms with Crippen LogP contribution in [0.5, 0.6) is 0 Å². The van der Waals surface area contributed by atoms with Crippen LogP contribution in [-0.4, -0.2) is 31.6 Å². The van der Waals surface area contributed by atoms with Crippen molar-refractivity contribution in [2.45, 2.75) is 6.54 Å². The molecule has 18 heavy (non-hydrogen) atoms. The van der Waals surface area contributed by atoms with Crippen molar-refractivity contribution < 1.29 is 15.0 Å². The largest absolute Gasteiger partial charge is 0.488 e. The molecule has 0 aliphatic rings. The van der Waals surface area contributed by atoms with Crippen molar-refractivity contribution in [2.24, 2.45) is 0 Å². The smallest absolute Gasteiger partial charge is 0.423 e. The first-order chi connectivity index (χ1) is 8.58. The Kier molecular flexibility index (Phi) is 3.40. The van der Waals surface area contributed by atoms with E-state index in [1.807, 2.05) is 0 Å². The highest BCUT2D eigenvalue weighted by molar-refractivity contribution is 6.58. The van der Waals surface area contributed by atoms with Crippen molar-refractivity contribution in [3.63, 3.8) is 0 Å². The Balaban J connectivity index is 2.18. The van der Waals surface area contributed by atoms with E-state index >= 15 is 0 Å². The molecular formula is C10H10BN3O4. The minimum absolute atomic E-state index is 0.221. The van der Waals surface area contributed by atoms with Gasteiger partial charge in [0.2, 0.25) is 0 Å². The fraction of sp³-hybridized carbons (Fsp3) is 0.100.